The highest BCUT2D eigenvalue weighted by Gasteiger charge is 2.09. The van der Waals surface area contributed by atoms with Gasteiger partial charge in [-0.1, -0.05) is 49.7 Å². The summed E-state index contributed by atoms with van der Waals surface area (Å²) in [6.45, 7) is 4.97. The van der Waals surface area contributed by atoms with Crippen molar-refractivity contribution in [2.75, 3.05) is 5.32 Å². The van der Waals surface area contributed by atoms with E-state index in [-0.39, 0.29) is 5.91 Å². The zero-order chi connectivity index (χ0) is 15.2. The summed E-state index contributed by atoms with van der Waals surface area (Å²) in [6, 6.07) is 15.2. The molecule has 0 heterocycles. The second kappa shape index (κ2) is 7.25. The van der Waals surface area contributed by atoms with Gasteiger partial charge in [-0.25, -0.2) is 0 Å². The highest BCUT2D eigenvalue weighted by molar-refractivity contribution is 6.34. The molecule has 2 aromatic carbocycles. The zero-order valence-electron chi connectivity index (χ0n) is 12.2. The van der Waals surface area contributed by atoms with E-state index in [1.807, 2.05) is 24.3 Å². The Morgan fingerprint density at radius 2 is 1.90 bits per heavy atom. The van der Waals surface area contributed by atoms with E-state index in [0.29, 0.717) is 16.6 Å². The number of carbonyl (C=O) groups is 1. The SMILES string of the molecule is CC(C)NCc1cccc(NC(=O)c2ccccc2Cl)c1. The Kier molecular flexibility index (Phi) is 5.37. The Morgan fingerprint density at radius 1 is 1.14 bits per heavy atom. The van der Waals surface area contributed by atoms with Crippen LogP contribution in [-0.2, 0) is 6.54 Å². The summed E-state index contributed by atoms with van der Waals surface area (Å²) in [5.41, 5.74) is 2.37. The van der Waals surface area contributed by atoms with Crippen LogP contribution in [0.4, 0.5) is 5.69 Å². The summed E-state index contributed by atoms with van der Waals surface area (Å²) < 4.78 is 0. The van der Waals surface area contributed by atoms with Crippen molar-refractivity contribution in [1.82, 2.24) is 5.32 Å². The van der Waals surface area contributed by atoms with Gasteiger partial charge in [0.1, 0.15) is 0 Å². The molecule has 0 aliphatic carbocycles. The fourth-order valence-corrected chi connectivity index (χ4v) is 2.15. The van der Waals surface area contributed by atoms with E-state index in [9.17, 15) is 4.79 Å². The van der Waals surface area contributed by atoms with Crippen LogP contribution >= 0.6 is 11.6 Å². The quantitative estimate of drug-likeness (QED) is 0.873. The number of hydrogen-bond donors (Lipinski definition) is 2. The van der Waals surface area contributed by atoms with Crippen LogP contribution in [0, 0.1) is 0 Å². The molecule has 1 amide bonds. The first-order valence-corrected chi connectivity index (χ1v) is 7.32. The second-order valence-corrected chi connectivity index (χ2v) is 5.58. The van der Waals surface area contributed by atoms with E-state index in [4.69, 9.17) is 11.6 Å². The summed E-state index contributed by atoms with van der Waals surface area (Å²) in [4.78, 5) is 12.2. The van der Waals surface area contributed by atoms with Crippen LogP contribution < -0.4 is 10.6 Å². The lowest BCUT2D eigenvalue weighted by Gasteiger charge is -2.10. The minimum atomic E-state index is -0.199. The van der Waals surface area contributed by atoms with Crippen molar-refractivity contribution >= 4 is 23.2 Å². The molecule has 0 saturated heterocycles. The number of amides is 1. The molecule has 0 atom stereocenters. The number of nitrogens with one attached hydrogen (secondary N) is 2. The van der Waals surface area contributed by atoms with Crippen LogP contribution in [0.25, 0.3) is 0 Å². The molecule has 2 aromatic rings. The summed E-state index contributed by atoms with van der Waals surface area (Å²) in [5, 5.41) is 6.68. The first-order chi connectivity index (χ1) is 10.1. The largest absolute Gasteiger partial charge is 0.322 e. The van der Waals surface area contributed by atoms with Gasteiger partial charge in [0.25, 0.3) is 5.91 Å². The van der Waals surface area contributed by atoms with Crippen LogP contribution in [-0.4, -0.2) is 11.9 Å². The number of carbonyl (C=O) groups excluding carboxylic acids is 1. The Bertz CT molecular complexity index is 626. The van der Waals surface area contributed by atoms with E-state index in [1.54, 1.807) is 24.3 Å². The summed E-state index contributed by atoms with van der Waals surface area (Å²) in [5.74, 6) is -0.199. The van der Waals surface area contributed by atoms with E-state index in [1.165, 1.54) is 0 Å². The highest BCUT2D eigenvalue weighted by Crippen LogP contribution is 2.18. The van der Waals surface area contributed by atoms with Gasteiger partial charge in [0.2, 0.25) is 0 Å². The molecule has 0 fully saturated rings. The lowest BCUT2D eigenvalue weighted by Crippen LogP contribution is -2.21. The Labute approximate surface area is 130 Å². The van der Waals surface area contributed by atoms with Crippen molar-refractivity contribution in [2.45, 2.75) is 26.4 Å². The van der Waals surface area contributed by atoms with Gasteiger partial charge in [0.15, 0.2) is 0 Å². The van der Waals surface area contributed by atoms with Crippen LogP contribution in [0.15, 0.2) is 48.5 Å². The maximum absolute atomic E-state index is 12.2. The monoisotopic (exact) mass is 302 g/mol. The summed E-state index contributed by atoms with van der Waals surface area (Å²) in [7, 11) is 0. The van der Waals surface area contributed by atoms with Crippen LogP contribution in [0.5, 0.6) is 0 Å². The molecule has 0 bridgehead atoms. The lowest BCUT2D eigenvalue weighted by molar-refractivity contribution is 0.102. The molecular weight excluding hydrogens is 284 g/mol. The second-order valence-electron chi connectivity index (χ2n) is 5.17. The average Bonchev–Trinajstić information content (AvgIpc) is 2.46. The van der Waals surface area contributed by atoms with Crippen molar-refractivity contribution < 1.29 is 4.79 Å². The smallest absolute Gasteiger partial charge is 0.257 e. The first kappa shape index (κ1) is 15.5. The topological polar surface area (TPSA) is 41.1 Å². The fourth-order valence-electron chi connectivity index (χ4n) is 1.92. The molecule has 0 aliphatic rings. The maximum Gasteiger partial charge on any atom is 0.257 e. The number of halogens is 1. The molecular formula is C17H19ClN2O. The van der Waals surface area contributed by atoms with Crippen LogP contribution in [0.3, 0.4) is 0 Å². The average molecular weight is 303 g/mol. The number of rotatable bonds is 5. The van der Waals surface area contributed by atoms with E-state index in [0.717, 1.165) is 17.8 Å². The van der Waals surface area contributed by atoms with Crippen molar-refractivity contribution in [2.24, 2.45) is 0 Å². The van der Waals surface area contributed by atoms with Crippen molar-refractivity contribution in [3.8, 4) is 0 Å². The van der Waals surface area contributed by atoms with Crippen molar-refractivity contribution in [1.29, 1.82) is 0 Å². The number of anilines is 1. The van der Waals surface area contributed by atoms with Gasteiger partial charge >= 0.3 is 0 Å². The predicted molar refractivity (Wildman–Crippen MR) is 87.8 cm³/mol. The molecule has 3 nitrogen and oxygen atoms in total. The minimum Gasteiger partial charge on any atom is -0.322 e. The van der Waals surface area contributed by atoms with Crippen molar-refractivity contribution in [3.05, 3.63) is 64.7 Å². The molecule has 2 N–H and O–H groups in total. The molecule has 110 valence electrons. The first-order valence-electron chi connectivity index (χ1n) is 6.94. The highest BCUT2D eigenvalue weighted by atomic mass is 35.5. The van der Waals surface area contributed by atoms with E-state index in [2.05, 4.69) is 24.5 Å². The third kappa shape index (κ3) is 4.59. The van der Waals surface area contributed by atoms with Gasteiger partial charge in [-0.3, -0.25) is 4.79 Å². The van der Waals surface area contributed by atoms with E-state index >= 15 is 0 Å². The molecule has 0 aromatic heterocycles. The molecule has 0 aliphatic heterocycles. The zero-order valence-corrected chi connectivity index (χ0v) is 12.9. The van der Waals surface area contributed by atoms with E-state index < -0.39 is 0 Å². The molecule has 0 spiro atoms. The van der Waals surface area contributed by atoms with Gasteiger partial charge in [0, 0.05) is 18.3 Å². The standard InChI is InChI=1S/C17H19ClN2O/c1-12(2)19-11-13-6-5-7-14(10-13)20-17(21)15-8-3-4-9-16(15)18/h3-10,12,19H,11H2,1-2H3,(H,20,21). The van der Waals surface area contributed by atoms with Gasteiger partial charge in [-0.15, -0.1) is 0 Å². The number of benzene rings is 2. The van der Waals surface area contributed by atoms with Gasteiger partial charge in [0.05, 0.1) is 10.6 Å². The Hall–Kier alpha value is -1.84. The molecule has 4 heteroatoms. The predicted octanol–water partition coefficient (Wildman–Crippen LogP) is 4.09. The normalized spacial score (nSPS) is 10.7. The van der Waals surface area contributed by atoms with Crippen LogP contribution in [0.1, 0.15) is 29.8 Å². The third-order valence-electron chi connectivity index (χ3n) is 3.02. The fraction of sp³-hybridized carbons (Fsp3) is 0.235. The Balaban J connectivity index is 2.07. The van der Waals surface area contributed by atoms with Crippen molar-refractivity contribution in [3.63, 3.8) is 0 Å². The third-order valence-corrected chi connectivity index (χ3v) is 3.35. The maximum atomic E-state index is 12.2. The minimum absolute atomic E-state index is 0.199. The molecule has 0 unspecified atom stereocenters. The van der Waals surface area contributed by atoms with Gasteiger partial charge in [-0.05, 0) is 29.8 Å². The molecule has 0 radical (unpaired) electrons. The molecule has 0 saturated carbocycles. The molecule has 21 heavy (non-hydrogen) atoms. The Morgan fingerprint density at radius 3 is 2.62 bits per heavy atom. The van der Waals surface area contributed by atoms with Gasteiger partial charge < -0.3 is 10.6 Å². The van der Waals surface area contributed by atoms with Crippen LogP contribution in [0.2, 0.25) is 5.02 Å². The lowest BCUT2D eigenvalue weighted by atomic mass is 10.1. The summed E-state index contributed by atoms with van der Waals surface area (Å²) in [6.07, 6.45) is 0. The number of hydrogen-bond acceptors (Lipinski definition) is 2. The molecule has 2 rings (SSSR count). The van der Waals surface area contributed by atoms with Gasteiger partial charge in [-0.2, -0.15) is 0 Å². The summed E-state index contributed by atoms with van der Waals surface area (Å²) >= 11 is 6.03.